The highest BCUT2D eigenvalue weighted by atomic mass is 32.1. The van der Waals surface area contributed by atoms with Crippen LogP contribution < -0.4 is 10.2 Å². The molecule has 1 saturated heterocycles. The van der Waals surface area contributed by atoms with Gasteiger partial charge in [-0.3, -0.25) is 0 Å². The summed E-state index contributed by atoms with van der Waals surface area (Å²) in [6.45, 7) is 5.80. The van der Waals surface area contributed by atoms with Gasteiger partial charge in [0.05, 0.1) is 12.8 Å². The SMILES string of the molecule is COC(=O)C(NC(=O)OCc1csc(N2CCCC2)n1)C(C)C. The van der Waals surface area contributed by atoms with E-state index in [0.717, 1.165) is 18.2 Å². The molecule has 1 amide bonds. The van der Waals surface area contributed by atoms with Gasteiger partial charge in [-0.1, -0.05) is 13.8 Å². The minimum Gasteiger partial charge on any atom is -0.467 e. The number of anilines is 1. The fourth-order valence-corrected chi connectivity index (χ4v) is 3.21. The Bertz CT molecular complexity index is 541. The zero-order valence-electron chi connectivity index (χ0n) is 13.7. The van der Waals surface area contributed by atoms with Crippen LogP contribution in [0.5, 0.6) is 0 Å². The second-order valence-corrected chi connectivity index (χ2v) is 6.62. The predicted octanol–water partition coefficient (Wildman–Crippen LogP) is 2.17. The fraction of sp³-hybridized carbons (Fsp3) is 0.667. The van der Waals surface area contributed by atoms with Crippen molar-refractivity contribution in [2.24, 2.45) is 5.92 Å². The average Bonchev–Trinajstić information content (AvgIpc) is 3.20. The highest BCUT2D eigenvalue weighted by Crippen LogP contribution is 2.24. The molecule has 1 aromatic heterocycles. The molecule has 0 aliphatic carbocycles. The van der Waals surface area contributed by atoms with E-state index >= 15 is 0 Å². The molecule has 1 atom stereocenters. The van der Waals surface area contributed by atoms with E-state index < -0.39 is 18.1 Å². The number of alkyl carbamates (subject to hydrolysis) is 1. The van der Waals surface area contributed by atoms with Crippen LogP contribution in [0, 0.1) is 5.92 Å². The summed E-state index contributed by atoms with van der Waals surface area (Å²) in [7, 11) is 1.29. The summed E-state index contributed by atoms with van der Waals surface area (Å²) in [4.78, 5) is 30.2. The predicted molar refractivity (Wildman–Crippen MR) is 87.5 cm³/mol. The second kappa shape index (κ2) is 8.14. The van der Waals surface area contributed by atoms with Crippen molar-refractivity contribution < 1.29 is 19.1 Å². The monoisotopic (exact) mass is 341 g/mol. The van der Waals surface area contributed by atoms with E-state index in [2.05, 4.69) is 19.9 Å². The summed E-state index contributed by atoms with van der Waals surface area (Å²) in [5.74, 6) is -0.571. The van der Waals surface area contributed by atoms with Crippen molar-refractivity contribution in [2.75, 3.05) is 25.1 Å². The first-order valence-electron chi connectivity index (χ1n) is 7.71. The molecule has 1 aliphatic rings. The Morgan fingerprint density at radius 3 is 2.70 bits per heavy atom. The molecule has 2 rings (SSSR count). The van der Waals surface area contributed by atoms with Crippen LogP contribution in [0.15, 0.2) is 5.38 Å². The van der Waals surface area contributed by atoms with Crippen LogP contribution in [0.1, 0.15) is 32.4 Å². The van der Waals surface area contributed by atoms with Crippen LogP contribution in [-0.4, -0.2) is 43.3 Å². The number of carbonyl (C=O) groups excluding carboxylic acids is 2. The maximum absolute atomic E-state index is 11.8. The average molecular weight is 341 g/mol. The number of carbonyl (C=O) groups is 2. The second-order valence-electron chi connectivity index (χ2n) is 5.78. The van der Waals surface area contributed by atoms with E-state index in [-0.39, 0.29) is 12.5 Å². The number of nitrogens with one attached hydrogen (secondary N) is 1. The van der Waals surface area contributed by atoms with Crippen LogP contribution in [0.4, 0.5) is 9.93 Å². The van der Waals surface area contributed by atoms with Crippen molar-refractivity contribution in [2.45, 2.75) is 39.3 Å². The molecule has 1 fully saturated rings. The lowest BCUT2D eigenvalue weighted by atomic mass is 10.1. The van der Waals surface area contributed by atoms with Gasteiger partial charge in [-0.25, -0.2) is 14.6 Å². The zero-order chi connectivity index (χ0) is 16.8. The van der Waals surface area contributed by atoms with Crippen molar-refractivity contribution in [1.82, 2.24) is 10.3 Å². The van der Waals surface area contributed by atoms with E-state index in [1.807, 2.05) is 19.2 Å². The van der Waals surface area contributed by atoms with Gasteiger partial charge < -0.3 is 19.7 Å². The van der Waals surface area contributed by atoms with Gasteiger partial charge in [-0.2, -0.15) is 0 Å². The number of esters is 1. The summed E-state index contributed by atoms with van der Waals surface area (Å²) in [6.07, 6.45) is 1.74. The van der Waals surface area contributed by atoms with Crippen LogP contribution in [0.3, 0.4) is 0 Å². The molecule has 7 nitrogen and oxygen atoms in total. The van der Waals surface area contributed by atoms with Gasteiger partial charge in [-0.05, 0) is 18.8 Å². The lowest BCUT2D eigenvalue weighted by Gasteiger charge is -2.19. The Morgan fingerprint density at radius 2 is 2.09 bits per heavy atom. The van der Waals surface area contributed by atoms with Gasteiger partial charge in [0, 0.05) is 18.5 Å². The van der Waals surface area contributed by atoms with E-state index in [1.54, 1.807) is 11.3 Å². The van der Waals surface area contributed by atoms with Gasteiger partial charge in [0.15, 0.2) is 5.13 Å². The Morgan fingerprint density at radius 1 is 1.39 bits per heavy atom. The molecular formula is C15H23N3O4S. The number of methoxy groups -OCH3 is 1. The third-order valence-corrected chi connectivity index (χ3v) is 4.61. The highest BCUT2D eigenvalue weighted by Gasteiger charge is 2.25. The summed E-state index contributed by atoms with van der Waals surface area (Å²) in [5.41, 5.74) is 0.714. The van der Waals surface area contributed by atoms with Crippen molar-refractivity contribution in [3.8, 4) is 0 Å². The number of hydrogen-bond donors (Lipinski definition) is 1. The van der Waals surface area contributed by atoms with Gasteiger partial charge in [0.2, 0.25) is 0 Å². The smallest absolute Gasteiger partial charge is 0.408 e. The fourth-order valence-electron chi connectivity index (χ4n) is 2.35. The van der Waals surface area contributed by atoms with Crippen LogP contribution in [-0.2, 0) is 20.9 Å². The molecule has 0 spiro atoms. The third-order valence-electron chi connectivity index (χ3n) is 3.66. The lowest BCUT2D eigenvalue weighted by Crippen LogP contribution is -2.45. The number of thiazole rings is 1. The maximum atomic E-state index is 11.8. The summed E-state index contributed by atoms with van der Waals surface area (Å²) < 4.78 is 9.82. The van der Waals surface area contributed by atoms with Gasteiger partial charge in [-0.15, -0.1) is 11.3 Å². The molecule has 0 aromatic carbocycles. The molecule has 1 aromatic rings. The number of nitrogens with zero attached hydrogens (tertiary/aromatic N) is 2. The van der Waals surface area contributed by atoms with Crippen molar-refractivity contribution in [3.63, 3.8) is 0 Å². The standard InChI is InChI=1S/C15H23N3O4S/c1-10(2)12(13(19)21-3)17-15(20)22-8-11-9-23-14(16-11)18-6-4-5-7-18/h9-10,12H,4-8H2,1-3H3,(H,17,20). The summed E-state index contributed by atoms with van der Waals surface area (Å²) >= 11 is 1.55. The minimum absolute atomic E-state index is 0.0855. The van der Waals surface area contributed by atoms with E-state index in [9.17, 15) is 9.59 Å². The molecule has 0 saturated carbocycles. The van der Waals surface area contributed by atoms with Crippen LogP contribution >= 0.6 is 11.3 Å². The number of aromatic nitrogens is 1. The molecule has 1 unspecified atom stereocenters. The first-order chi connectivity index (χ1) is 11.0. The van der Waals surface area contributed by atoms with Crippen molar-refractivity contribution >= 4 is 28.5 Å². The zero-order valence-corrected chi connectivity index (χ0v) is 14.5. The van der Waals surface area contributed by atoms with Gasteiger partial charge >= 0.3 is 12.1 Å². The van der Waals surface area contributed by atoms with Crippen LogP contribution in [0.25, 0.3) is 0 Å². The number of amides is 1. The Labute approximate surface area is 140 Å². The molecule has 0 radical (unpaired) electrons. The molecule has 128 valence electrons. The molecule has 23 heavy (non-hydrogen) atoms. The number of ether oxygens (including phenoxy) is 2. The van der Waals surface area contributed by atoms with Crippen molar-refractivity contribution in [3.05, 3.63) is 11.1 Å². The van der Waals surface area contributed by atoms with Gasteiger partial charge in [0.25, 0.3) is 0 Å². The van der Waals surface area contributed by atoms with Crippen molar-refractivity contribution in [1.29, 1.82) is 0 Å². The normalized spacial score (nSPS) is 15.6. The topological polar surface area (TPSA) is 80.8 Å². The molecule has 2 heterocycles. The Balaban J connectivity index is 1.82. The largest absolute Gasteiger partial charge is 0.467 e. The molecule has 1 N–H and O–H groups in total. The molecular weight excluding hydrogens is 318 g/mol. The summed E-state index contributed by atoms with van der Waals surface area (Å²) in [6, 6.07) is -0.719. The molecule has 1 aliphatic heterocycles. The maximum Gasteiger partial charge on any atom is 0.408 e. The third kappa shape index (κ3) is 4.82. The lowest BCUT2D eigenvalue weighted by molar-refractivity contribution is -0.144. The van der Waals surface area contributed by atoms with E-state index in [1.165, 1.54) is 20.0 Å². The highest BCUT2D eigenvalue weighted by molar-refractivity contribution is 7.13. The Kier molecular flexibility index (Phi) is 6.20. The quantitative estimate of drug-likeness (QED) is 0.799. The van der Waals surface area contributed by atoms with Gasteiger partial charge in [0.1, 0.15) is 12.6 Å². The summed E-state index contributed by atoms with van der Waals surface area (Å²) in [5, 5.41) is 5.39. The minimum atomic E-state index is -0.719. The molecule has 8 heteroatoms. The Hall–Kier alpha value is -1.83. The number of hydrogen-bond acceptors (Lipinski definition) is 7. The number of rotatable bonds is 6. The molecule has 0 bridgehead atoms. The van der Waals surface area contributed by atoms with Crippen LogP contribution in [0.2, 0.25) is 0 Å². The van der Waals surface area contributed by atoms with E-state index in [0.29, 0.717) is 5.69 Å². The first-order valence-corrected chi connectivity index (χ1v) is 8.59. The first kappa shape index (κ1) is 17.5. The van der Waals surface area contributed by atoms with E-state index in [4.69, 9.17) is 4.74 Å².